The van der Waals surface area contributed by atoms with Crippen LogP contribution < -0.4 is 5.32 Å². The number of rotatable bonds is 5. The van der Waals surface area contributed by atoms with Crippen LogP contribution in [0.5, 0.6) is 0 Å². The van der Waals surface area contributed by atoms with E-state index < -0.39 is 6.09 Å². The molecule has 0 aromatic carbocycles. The fourth-order valence-electron chi connectivity index (χ4n) is 3.78. The number of nitrogens with zero attached hydrogens (tertiary/aromatic N) is 6. The Morgan fingerprint density at radius 2 is 1.97 bits per heavy atom. The average Bonchev–Trinajstić information content (AvgIpc) is 3.40. The fraction of sp³-hybridized carbons (Fsp3) is 0.500. The largest absolute Gasteiger partial charge is 0.465 e. The molecule has 4 heterocycles. The second-order valence-electron chi connectivity index (χ2n) is 9.50. The van der Waals surface area contributed by atoms with E-state index in [-0.39, 0.29) is 29.8 Å². The standard InChI is InChI=1S/C22H29N7O3S.ClH/c1-22(2,3)13-23-17-11-16(19(30)28-7-5-14(6-8-28)27(4)21(31)32)25-18(26-17)15-12-24-29-9-10-33-20(15)29;/h9-12,14H,5-8,13H2,1-4H3,(H,31,32)(H,23,25,26);1H. The zero-order chi connectivity index (χ0) is 23.8. The van der Waals surface area contributed by atoms with Crippen molar-refractivity contribution in [3.05, 3.63) is 29.5 Å². The van der Waals surface area contributed by atoms with Crippen LogP contribution in [0, 0.1) is 5.41 Å². The molecule has 1 saturated heterocycles. The van der Waals surface area contributed by atoms with E-state index in [0.717, 1.165) is 10.4 Å². The second kappa shape index (κ2) is 10.1. The molecule has 1 aliphatic heterocycles. The van der Waals surface area contributed by atoms with Gasteiger partial charge in [-0.15, -0.1) is 23.7 Å². The Morgan fingerprint density at radius 3 is 2.62 bits per heavy atom. The molecular formula is C22H30ClN7O3S. The van der Waals surface area contributed by atoms with Crippen molar-refractivity contribution < 1.29 is 14.7 Å². The van der Waals surface area contributed by atoms with Crippen molar-refractivity contribution in [3.63, 3.8) is 0 Å². The van der Waals surface area contributed by atoms with E-state index in [1.54, 1.807) is 28.7 Å². The van der Waals surface area contributed by atoms with E-state index in [1.165, 1.54) is 16.2 Å². The summed E-state index contributed by atoms with van der Waals surface area (Å²) in [6, 6.07) is 1.61. The van der Waals surface area contributed by atoms with Gasteiger partial charge in [-0.05, 0) is 18.3 Å². The lowest BCUT2D eigenvalue weighted by molar-refractivity contribution is 0.0638. The molecule has 0 atom stereocenters. The molecule has 0 bridgehead atoms. The van der Waals surface area contributed by atoms with Gasteiger partial charge in [0.25, 0.3) is 5.91 Å². The first kappa shape index (κ1) is 25.7. The van der Waals surface area contributed by atoms with Crippen LogP contribution in [-0.2, 0) is 0 Å². The van der Waals surface area contributed by atoms with Crippen LogP contribution in [0.2, 0.25) is 0 Å². The SMILES string of the molecule is CN(C(=O)O)C1CCN(C(=O)c2cc(NCC(C)(C)C)nc(-c3cnn4ccsc34)n2)CC1.Cl. The molecule has 0 spiro atoms. The number of aromatic nitrogens is 4. The van der Waals surface area contributed by atoms with Gasteiger partial charge in [0.1, 0.15) is 16.3 Å². The van der Waals surface area contributed by atoms with Crippen molar-refractivity contribution in [2.45, 2.75) is 39.7 Å². The number of anilines is 1. The molecule has 0 unspecified atom stereocenters. The van der Waals surface area contributed by atoms with E-state index in [1.807, 2.05) is 11.6 Å². The molecule has 12 heteroatoms. The average molecular weight is 508 g/mol. The van der Waals surface area contributed by atoms with Crippen molar-refractivity contribution in [3.8, 4) is 11.4 Å². The van der Waals surface area contributed by atoms with Gasteiger partial charge in [0.2, 0.25) is 0 Å². The molecule has 10 nitrogen and oxygen atoms in total. The topological polar surface area (TPSA) is 116 Å². The molecular weight excluding hydrogens is 478 g/mol. The zero-order valence-electron chi connectivity index (χ0n) is 19.7. The van der Waals surface area contributed by atoms with Gasteiger partial charge < -0.3 is 20.2 Å². The van der Waals surface area contributed by atoms with E-state index >= 15 is 0 Å². The Bertz CT molecular complexity index is 1160. The summed E-state index contributed by atoms with van der Waals surface area (Å²) in [6.07, 6.45) is 3.84. The monoisotopic (exact) mass is 507 g/mol. The van der Waals surface area contributed by atoms with Crippen LogP contribution in [-0.4, -0.2) is 79.2 Å². The first-order valence-electron chi connectivity index (χ1n) is 10.9. The highest BCUT2D eigenvalue weighted by Gasteiger charge is 2.29. The Hall–Kier alpha value is -2.92. The number of thiazole rings is 1. The molecule has 1 fully saturated rings. The summed E-state index contributed by atoms with van der Waals surface area (Å²) in [5.74, 6) is 0.869. The second-order valence-corrected chi connectivity index (χ2v) is 10.4. The van der Waals surface area contributed by atoms with E-state index in [9.17, 15) is 14.7 Å². The van der Waals surface area contributed by atoms with Crippen LogP contribution >= 0.6 is 23.7 Å². The highest BCUT2D eigenvalue weighted by atomic mass is 35.5. The van der Waals surface area contributed by atoms with Gasteiger partial charge in [0.05, 0.1) is 11.8 Å². The summed E-state index contributed by atoms with van der Waals surface area (Å²) in [5, 5.41) is 18.9. The molecule has 0 saturated carbocycles. The number of hydrogen-bond donors (Lipinski definition) is 2. The number of carbonyl (C=O) groups excluding carboxylic acids is 1. The van der Waals surface area contributed by atoms with Crippen LogP contribution in [0.15, 0.2) is 23.8 Å². The van der Waals surface area contributed by atoms with Gasteiger partial charge in [-0.1, -0.05) is 20.8 Å². The van der Waals surface area contributed by atoms with Gasteiger partial charge in [0.15, 0.2) is 5.82 Å². The van der Waals surface area contributed by atoms with Crippen molar-refractivity contribution in [2.75, 3.05) is 32.0 Å². The minimum Gasteiger partial charge on any atom is -0.465 e. The smallest absolute Gasteiger partial charge is 0.407 e. The quantitative estimate of drug-likeness (QED) is 0.537. The van der Waals surface area contributed by atoms with Gasteiger partial charge in [-0.25, -0.2) is 19.3 Å². The van der Waals surface area contributed by atoms with Crippen LogP contribution in [0.4, 0.5) is 10.6 Å². The zero-order valence-corrected chi connectivity index (χ0v) is 21.3. The molecule has 3 aromatic heterocycles. The normalized spacial score (nSPS) is 14.6. The summed E-state index contributed by atoms with van der Waals surface area (Å²) in [7, 11) is 1.57. The number of carboxylic acid groups (broad SMARTS) is 1. The maximum absolute atomic E-state index is 13.4. The van der Waals surface area contributed by atoms with Gasteiger partial charge in [-0.2, -0.15) is 5.10 Å². The Kier molecular flexibility index (Phi) is 7.67. The number of halogens is 1. The van der Waals surface area contributed by atoms with Crippen LogP contribution in [0.3, 0.4) is 0 Å². The Morgan fingerprint density at radius 1 is 1.26 bits per heavy atom. The minimum absolute atomic E-state index is 0. The lowest BCUT2D eigenvalue weighted by Gasteiger charge is -2.35. The van der Waals surface area contributed by atoms with Crippen LogP contribution in [0.1, 0.15) is 44.1 Å². The lowest BCUT2D eigenvalue weighted by atomic mass is 9.97. The highest BCUT2D eigenvalue weighted by molar-refractivity contribution is 7.16. The number of fused-ring (bicyclic) bond motifs is 1. The number of nitrogens with one attached hydrogen (secondary N) is 1. The Balaban J connectivity index is 0.00000324. The molecule has 2 amide bonds. The van der Waals surface area contributed by atoms with Crippen LogP contribution in [0.25, 0.3) is 16.2 Å². The number of likely N-dealkylation sites (tertiary alicyclic amines) is 1. The third-order valence-electron chi connectivity index (χ3n) is 5.72. The molecule has 2 N–H and O–H groups in total. The van der Waals surface area contributed by atoms with Gasteiger partial charge in [0, 0.05) is 50.4 Å². The van der Waals surface area contributed by atoms with Crippen molar-refractivity contribution >= 4 is 46.4 Å². The van der Waals surface area contributed by atoms with E-state index in [2.05, 4.69) is 41.2 Å². The third-order valence-corrected chi connectivity index (χ3v) is 6.61. The number of carbonyl (C=O) groups is 2. The van der Waals surface area contributed by atoms with E-state index in [4.69, 9.17) is 0 Å². The summed E-state index contributed by atoms with van der Waals surface area (Å²) < 4.78 is 1.77. The predicted octanol–water partition coefficient (Wildman–Crippen LogP) is 3.95. The highest BCUT2D eigenvalue weighted by Crippen LogP contribution is 2.27. The first-order valence-corrected chi connectivity index (χ1v) is 11.8. The van der Waals surface area contributed by atoms with Gasteiger partial charge >= 0.3 is 6.09 Å². The Labute approximate surface area is 208 Å². The molecule has 184 valence electrons. The summed E-state index contributed by atoms with van der Waals surface area (Å²) >= 11 is 1.54. The molecule has 1 aliphatic rings. The molecule has 3 aromatic rings. The molecule has 34 heavy (non-hydrogen) atoms. The van der Waals surface area contributed by atoms with Crippen molar-refractivity contribution in [1.29, 1.82) is 0 Å². The van der Waals surface area contributed by atoms with Crippen molar-refractivity contribution in [1.82, 2.24) is 29.4 Å². The minimum atomic E-state index is -0.948. The third kappa shape index (κ3) is 5.58. The fourth-order valence-corrected chi connectivity index (χ4v) is 4.57. The summed E-state index contributed by atoms with van der Waals surface area (Å²) in [5.41, 5.74) is 1.13. The number of amides is 2. The summed E-state index contributed by atoms with van der Waals surface area (Å²) in [4.78, 5) is 37.9. The predicted molar refractivity (Wildman–Crippen MR) is 134 cm³/mol. The first-order chi connectivity index (χ1) is 15.6. The summed E-state index contributed by atoms with van der Waals surface area (Å²) in [6.45, 7) is 8.02. The molecule has 0 radical (unpaired) electrons. The lowest BCUT2D eigenvalue weighted by Crippen LogP contribution is -2.47. The maximum Gasteiger partial charge on any atom is 0.407 e. The number of hydrogen-bond acceptors (Lipinski definition) is 7. The molecule has 0 aliphatic carbocycles. The molecule has 4 rings (SSSR count). The number of piperidine rings is 1. The van der Waals surface area contributed by atoms with E-state index in [0.29, 0.717) is 49.8 Å². The van der Waals surface area contributed by atoms with Crippen molar-refractivity contribution in [2.24, 2.45) is 5.41 Å². The maximum atomic E-state index is 13.4. The van der Waals surface area contributed by atoms with Gasteiger partial charge in [-0.3, -0.25) is 4.79 Å².